The van der Waals surface area contributed by atoms with Crippen molar-refractivity contribution in [1.82, 2.24) is 0 Å². The van der Waals surface area contributed by atoms with E-state index in [0.717, 1.165) is 25.7 Å². The van der Waals surface area contributed by atoms with Gasteiger partial charge in [0.05, 0.1) is 6.10 Å². The Balaban J connectivity index is 1.59. The number of carbonyl (C=O) groups is 3. The van der Waals surface area contributed by atoms with Crippen molar-refractivity contribution in [3.63, 3.8) is 0 Å². The predicted octanol–water partition coefficient (Wildman–Crippen LogP) is 3.13. The van der Waals surface area contributed by atoms with E-state index in [9.17, 15) is 24.6 Å². The number of hydrogen-bond acceptors (Lipinski definition) is 6. The van der Waals surface area contributed by atoms with E-state index in [1.165, 1.54) is 5.57 Å². The Kier molecular flexibility index (Phi) is 5.70. The van der Waals surface area contributed by atoms with E-state index in [-0.39, 0.29) is 35.4 Å². The lowest BCUT2D eigenvalue weighted by Gasteiger charge is -2.60. The van der Waals surface area contributed by atoms with Gasteiger partial charge < -0.3 is 14.9 Å². The zero-order chi connectivity index (χ0) is 22.6. The minimum absolute atomic E-state index is 0.0403. The molecule has 0 aromatic heterocycles. The van der Waals surface area contributed by atoms with Crippen LogP contribution in [0.4, 0.5) is 0 Å². The molecule has 31 heavy (non-hydrogen) atoms. The van der Waals surface area contributed by atoms with Crippen molar-refractivity contribution in [2.75, 3.05) is 6.61 Å². The van der Waals surface area contributed by atoms with E-state index in [0.29, 0.717) is 25.7 Å². The summed E-state index contributed by atoms with van der Waals surface area (Å²) in [7, 11) is 0. The standard InChI is InChI=1S/C25H36O6/c1-4-5-21(29)31-14-20(28)25(30)11-9-18-17-7-6-15-12-16(26)8-10-23(15,2)22(17)19(27)13-24(18,25)3/h12,17-19,22,27,30H,4-11,13-14H2,1-3H3/t17-,18-,19-,22+,23?,24?,25-/m0/s1. The molecule has 3 fully saturated rings. The average molecular weight is 433 g/mol. The highest BCUT2D eigenvalue weighted by Crippen LogP contribution is 2.67. The Morgan fingerprint density at radius 2 is 1.94 bits per heavy atom. The molecule has 172 valence electrons. The van der Waals surface area contributed by atoms with Gasteiger partial charge in [-0.25, -0.2) is 0 Å². The first-order chi connectivity index (χ1) is 14.6. The van der Waals surface area contributed by atoms with Crippen LogP contribution in [0, 0.1) is 28.6 Å². The van der Waals surface area contributed by atoms with Gasteiger partial charge in [-0.15, -0.1) is 0 Å². The van der Waals surface area contributed by atoms with Gasteiger partial charge in [0.25, 0.3) is 0 Å². The molecule has 4 aliphatic carbocycles. The summed E-state index contributed by atoms with van der Waals surface area (Å²) in [5, 5.41) is 23.0. The number of rotatable bonds is 5. The van der Waals surface area contributed by atoms with Crippen molar-refractivity contribution in [1.29, 1.82) is 0 Å². The molecule has 4 aliphatic rings. The lowest BCUT2D eigenvalue weighted by Crippen LogP contribution is -2.62. The largest absolute Gasteiger partial charge is 0.458 e. The first-order valence-electron chi connectivity index (χ1n) is 11.9. The maximum atomic E-state index is 13.1. The van der Waals surface area contributed by atoms with Gasteiger partial charge in [-0.05, 0) is 74.2 Å². The number of ketones is 2. The third kappa shape index (κ3) is 3.32. The number of hydrogen-bond donors (Lipinski definition) is 2. The van der Waals surface area contributed by atoms with E-state index in [4.69, 9.17) is 4.74 Å². The molecule has 0 amide bonds. The number of fused-ring (bicyclic) bond motifs is 5. The van der Waals surface area contributed by atoms with Crippen LogP contribution in [-0.4, -0.2) is 46.1 Å². The lowest BCUT2D eigenvalue weighted by atomic mass is 9.45. The molecule has 0 aromatic carbocycles. The first kappa shape index (κ1) is 22.7. The molecule has 0 aliphatic heterocycles. The summed E-state index contributed by atoms with van der Waals surface area (Å²) in [6, 6.07) is 0. The third-order valence-corrected chi connectivity index (χ3v) is 9.33. The molecule has 6 nitrogen and oxygen atoms in total. The van der Waals surface area contributed by atoms with Gasteiger partial charge in [-0.2, -0.15) is 0 Å². The minimum Gasteiger partial charge on any atom is -0.458 e. The van der Waals surface area contributed by atoms with Gasteiger partial charge in [0.1, 0.15) is 5.60 Å². The Bertz CT molecular complexity index is 817. The molecule has 0 aromatic rings. The summed E-state index contributed by atoms with van der Waals surface area (Å²) in [6.45, 7) is 5.59. The summed E-state index contributed by atoms with van der Waals surface area (Å²) < 4.78 is 5.13. The molecule has 2 unspecified atom stereocenters. The van der Waals surface area contributed by atoms with Crippen LogP contribution in [0.2, 0.25) is 0 Å². The summed E-state index contributed by atoms with van der Waals surface area (Å²) in [4.78, 5) is 36.8. The van der Waals surface area contributed by atoms with Crippen LogP contribution in [0.15, 0.2) is 11.6 Å². The number of carbonyl (C=O) groups excluding carboxylic acids is 3. The maximum absolute atomic E-state index is 13.1. The predicted molar refractivity (Wildman–Crippen MR) is 114 cm³/mol. The Morgan fingerprint density at radius 1 is 1.19 bits per heavy atom. The highest BCUT2D eigenvalue weighted by molar-refractivity contribution is 5.92. The third-order valence-electron chi connectivity index (χ3n) is 9.33. The Labute approximate surface area is 184 Å². The summed E-state index contributed by atoms with van der Waals surface area (Å²) in [5.74, 6) is -0.323. The van der Waals surface area contributed by atoms with E-state index in [1.54, 1.807) is 6.08 Å². The van der Waals surface area contributed by atoms with Crippen LogP contribution < -0.4 is 0 Å². The van der Waals surface area contributed by atoms with Gasteiger partial charge >= 0.3 is 5.97 Å². The van der Waals surface area contributed by atoms with E-state index in [2.05, 4.69) is 6.92 Å². The number of ether oxygens (including phenoxy) is 1. The second-order valence-corrected chi connectivity index (χ2v) is 10.8. The van der Waals surface area contributed by atoms with Crippen LogP contribution in [0.25, 0.3) is 0 Å². The normalized spacial score (nSPS) is 44.0. The molecular formula is C25H36O6. The number of allylic oxidation sites excluding steroid dienone is 1. The Hall–Kier alpha value is -1.53. The van der Waals surface area contributed by atoms with E-state index in [1.807, 2.05) is 13.8 Å². The quantitative estimate of drug-likeness (QED) is 0.648. The van der Waals surface area contributed by atoms with Crippen LogP contribution in [0.3, 0.4) is 0 Å². The van der Waals surface area contributed by atoms with Crippen molar-refractivity contribution in [3.05, 3.63) is 11.6 Å². The van der Waals surface area contributed by atoms with Gasteiger partial charge in [0, 0.05) is 18.3 Å². The van der Waals surface area contributed by atoms with Gasteiger partial charge in [-0.1, -0.05) is 26.3 Å². The van der Waals surface area contributed by atoms with Crippen LogP contribution >= 0.6 is 0 Å². The fourth-order valence-corrected chi connectivity index (χ4v) is 7.69. The smallest absolute Gasteiger partial charge is 0.306 e. The van der Waals surface area contributed by atoms with Crippen molar-refractivity contribution in [2.24, 2.45) is 28.6 Å². The molecular weight excluding hydrogens is 396 g/mol. The maximum Gasteiger partial charge on any atom is 0.306 e. The van der Waals surface area contributed by atoms with E-state index < -0.39 is 35.5 Å². The van der Waals surface area contributed by atoms with Gasteiger partial charge in [0.15, 0.2) is 12.4 Å². The molecule has 0 spiro atoms. The molecule has 7 atom stereocenters. The highest BCUT2D eigenvalue weighted by Gasteiger charge is 2.68. The first-order valence-corrected chi connectivity index (χ1v) is 11.9. The zero-order valence-electron chi connectivity index (χ0n) is 19.0. The van der Waals surface area contributed by atoms with Crippen LogP contribution in [-0.2, 0) is 19.1 Å². The minimum atomic E-state index is -1.59. The van der Waals surface area contributed by atoms with Gasteiger partial charge in [-0.3, -0.25) is 14.4 Å². The fraction of sp³-hybridized carbons (Fsp3) is 0.800. The second-order valence-electron chi connectivity index (χ2n) is 10.8. The molecule has 0 radical (unpaired) electrons. The number of aliphatic hydroxyl groups excluding tert-OH is 1. The molecule has 0 bridgehead atoms. The molecule has 2 N–H and O–H groups in total. The molecule has 0 saturated heterocycles. The van der Waals surface area contributed by atoms with Crippen LogP contribution in [0.1, 0.15) is 78.6 Å². The lowest BCUT2D eigenvalue weighted by molar-refractivity contribution is -0.184. The Morgan fingerprint density at radius 3 is 2.65 bits per heavy atom. The molecule has 3 saturated carbocycles. The van der Waals surface area contributed by atoms with Gasteiger partial charge in [0.2, 0.25) is 5.78 Å². The second kappa shape index (κ2) is 7.80. The van der Waals surface area contributed by atoms with Crippen molar-refractivity contribution < 1.29 is 29.3 Å². The SMILES string of the molecule is CCCC(=O)OCC(=O)[C@@]1(O)CC[C@H]2[C@@H]3CCC4=CC(=O)CCC4(C)[C@H]3[C@@H](O)CC21C. The molecule has 0 heterocycles. The molecule has 6 heteroatoms. The summed E-state index contributed by atoms with van der Waals surface area (Å²) >= 11 is 0. The van der Waals surface area contributed by atoms with E-state index >= 15 is 0 Å². The fourth-order valence-electron chi connectivity index (χ4n) is 7.69. The highest BCUT2D eigenvalue weighted by atomic mass is 16.5. The number of Topliss-reactive ketones (excluding diaryl/α,β-unsaturated/α-hetero) is 1. The number of aliphatic hydroxyl groups is 2. The van der Waals surface area contributed by atoms with Crippen molar-refractivity contribution >= 4 is 17.5 Å². The topological polar surface area (TPSA) is 101 Å². The van der Waals surface area contributed by atoms with Crippen molar-refractivity contribution in [3.8, 4) is 0 Å². The monoisotopic (exact) mass is 432 g/mol. The zero-order valence-corrected chi connectivity index (χ0v) is 19.0. The average Bonchev–Trinajstić information content (AvgIpc) is 2.98. The summed E-state index contributed by atoms with van der Waals surface area (Å²) in [5.41, 5.74) is -1.36. The summed E-state index contributed by atoms with van der Waals surface area (Å²) in [6.07, 6.45) is 6.46. The molecule has 4 rings (SSSR count). The van der Waals surface area contributed by atoms with Crippen LogP contribution in [0.5, 0.6) is 0 Å². The number of esters is 1. The van der Waals surface area contributed by atoms with Crippen molar-refractivity contribution in [2.45, 2.75) is 90.3 Å².